The van der Waals surface area contributed by atoms with Crippen LogP contribution in [0.4, 0.5) is 5.69 Å². The zero-order valence-corrected chi connectivity index (χ0v) is 17.5. The average molecular weight is 425 g/mol. The molecule has 1 aromatic rings. The highest BCUT2D eigenvalue weighted by atomic mass is 16.4. The molecular formula is C24H27NO6. The summed E-state index contributed by atoms with van der Waals surface area (Å²) in [6, 6.07) is 2.16. The van der Waals surface area contributed by atoms with Crippen molar-refractivity contribution in [2.24, 2.45) is 22.7 Å². The highest BCUT2D eigenvalue weighted by molar-refractivity contribution is 6.00. The first-order chi connectivity index (χ1) is 14.6. The highest BCUT2D eigenvalue weighted by Crippen LogP contribution is 2.64. The quantitative estimate of drug-likeness (QED) is 0.417. The van der Waals surface area contributed by atoms with Crippen molar-refractivity contribution in [3.05, 3.63) is 42.0 Å². The number of phenols is 2. The number of ketones is 1. The molecule has 1 aromatic carbocycles. The molecule has 0 aliphatic heterocycles. The van der Waals surface area contributed by atoms with Crippen molar-refractivity contribution in [2.45, 2.75) is 45.4 Å². The number of fused-ring (bicyclic) bond motifs is 2. The fourth-order valence-corrected chi connectivity index (χ4v) is 5.91. The van der Waals surface area contributed by atoms with Gasteiger partial charge in [0, 0.05) is 11.8 Å². The molecule has 31 heavy (non-hydrogen) atoms. The molecule has 7 nitrogen and oxygen atoms in total. The fraction of sp³-hybridized carbons (Fsp3) is 0.458. The third kappa shape index (κ3) is 3.32. The van der Waals surface area contributed by atoms with Crippen LogP contribution >= 0.6 is 0 Å². The first kappa shape index (κ1) is 21.2. The van der Waals surface area contributed by atoms with Gasteiger partial charge in [-0.15, -0.1) is 0 Å². The van der Waals surface area contributed by atoms with E-state index in [1.54, 1.807) is 6.08 Å². The summed E-state index contributed by atoms with van der Waals surface area (Å²) in [7, 11) is 0. The molecule has 0 saturated heterocycles. The number of aromatic carboxylic acids is 1. The van der Waals surface area contributed by atoms with E-state index in [4.69, 9.17) is 5.11 Å². The van der Waals surface area contributed by atoms with E-state index < -0.39 is 34.4 Å². The molecule has 4 N–H and O–H groups in total. The zero-order valence-electron chi connectivity index (χ0n) is 17.5. The monoisotopic (exact) mass is 425 g/mol. The van der Waals surface area contributed by atoms with Gasteiger partial charge in [-0.25, -0.2) is 4.79 Å². The maximum absolute atomic E-state index is 12.9. The van der Waals surface area contributed by atoms with Gasteiger partial charge in [0.15, 0.2) is 11.5 Å². The molecule has 1 unspecified atom stereocenters. The first-order valence-corrected chi connectivity index (χ1v) is 10.6. The van der Waals surface area contributed by atoms with Crippen molar-refractivity contribution in [1.29, 1.82) is 0 Å². The largest absolute Gasteiger partial charge is 0.506 e. The van der Waals surface area contributed by atoms with Crippen LogP contribution in [-0.2, 0) is 9.59 Å². The predicted octanol–water partition coefficient (Wildman–Crippen LogP) is 4.02. The number of rotatable bonds is 5. The Morgan fingerprint density at radius 3 is 2.71 bits per heavy atom. The van der Waals surface area contributed by atoms with Crippen molar-refractivity contribution in [3.63, 3.8) is 0 Å². The number of benzene rings is 1. The van der Waals surface area contributed by atoms with Crippen LogP contribution in [0.15, 0.2) is 36.4 Å². The third-order valence-corrected chi connectivity index (χ3v) is 7.73. The third-order valence-electron chi connectivity index (χ3n) is 7.73. The second-order valence-corrected chi connectivity index (χ2v) is 9.42. The maximum Gasteiger partial charge on any atom is 0.339 e. The number of hydrogen-bond donors (Lipinski definition) is 4. The van der Waals surface area contributed by atoms with E-state index in [1.807, 2.05) is 6.92 Å². The van der Waals surface area contributed by atoms with Gasteiger partial charge in [0.05, 0.1) is 0 Å². The van der Waals surface area contributed by atoms with Gasteiger partial charge in [0.1, 0.15) is 17.0 Å². The summed E-state index contributed by atoms with van der Waals surface area (Å²) in [5, 5.41) is 31.6. The van der Waals surface area contributed by atoms with E-state index in [0.29, 0.717) is 12.3 Å². The van der Waals surface area contributed by atoms with E-state index >= 15 is 0 Å². The first-order valence-electron chi connectivity index (χ1n) is 10.6. The Hall–Kier alpha value is -3.09. The Morgan fingerprint density at radius 1 is 1.29 bits per heavy atom. The molecule has 4 atom stereocenters. The summed E-state index contributed by atoms with van der Waals surface area (Å²) < 4.78 is 0. The molecule has 1 amide bonds. The number of allylic oxidation sites excluding steroid dienone is 3. The molecule has 2 bridgehead atoms. The molecule has 1 spiro atoms. The van der Waals surface area contributed by atoms with Crippen molar-refractivity contribution in [2.75, 3.05) is 5.32 Å². The van der Waals surface area contributed by atoms with Crippen molar-refractivity contribution in [3.8, 4) is 11.5 Å². The molecule has 0 radical (unpaired) electrons. The second kappa shape index (κ2) is 7.25. The van der Waals surface area contributed by atoms with Crippen LogP contribution in [0.25, 0.3) is 0 Å². The number of phenolic OH excluding ortho intramolecular Hbond substituents is 1. The summed E-state index contributed by atoms with van der Waals surface area (Å²) >= 11 is 0. The smallest absolute Gasteiger partial charge is 0.339 e. The number of carbonyl (C=O) groups is 3. The van der Waals surface area contributed by atoms with Gasteiger partial charge in [-0.2, -0.15) is 0 Å². The Morgan fingerprint density at radius 2 is 2.03 bits per heavy atom. The lowest BCUT2D eigenvalue weighted by Gasteiger charge is -2.59. The van der Waals surface area contributed by atoms with Crippen molar-refractivity contribution < 1.29 is 29.7 Å². The van der Waals surface area contributed by atoms with Crippen LogP contribution in [-0.4, -0.2) is 33.0 Å². The van der Waals surface area contributed by atoms with Crippen LogP contribution in [0.3, 0.4) is 0 Å². The summed E-state index contributed by atoms with van der Waals surface area (Å²) in [5.41, 5.74) is -0.260. The number of carboxylic acid groups (broad SMARTS) is 1. The Labute approximate surface area is 180 Å². The minimum Gasteiger partial charge on any atom is -0.506 e. The Balaban J connectivity index is 1.52. The average Bonchev–Trinajstić information content (AvgIpc) is 2.72. The number of aromatic hydroxyl groups is 2. The molecule has 0 heterocycles. The summed E-state index contributed by atoms with van der Waals surface area (Å²) in [4.78, 5) is 36.8. The summed E-state index contributed by atoms with van der Waals surface area (Å²) in [6.07, 6.45) is 7.96. The van der Waals surface area contributed by atoms with Crippen LogP contribution < -0.4 is 5.32 Å². The summed E-state index contributed by atoms with van der Waals surface area (Å²) in [5.74, 6) is -2.42. The number of anilines is 1. The van der Waals surface area contributed by atoms with E-state index in [2.05, 4.69) is 18.0 Å². The lowest BCUT2D eigenvalue weighted by molar-refractivity contribution is -0.136. The van der Waals surface area contributed by atoms with Crippen LogP contribution in [0, 0.1) is 22.7 Å². The Kier molecular flexibility index (Phi) is 4.95. The summed E-state index contributed by atoms with van der Waals surface area (Å²) in [6.45, 7) is 6.17. The molecule has 164 valence electrons. The number of hydrogen-bond acceptors (Lipinski definition) is 5. The van der Waals surface area contributed by atoms with Crippen molar-refractivity contribution >= 4 is 23.3 Å². The topological polar surface area (TPSA) is 124 Å². The van der Waals surface area contributed by atoms with Crippen LogP contribution in [0.5, 0.6) is 11.5 Å². The SMILES string of the molecule is C=C1C[C@]23C=CC(=O)[C@@](C)(CCC(=O)Nc4c(O)ccc(C(=O)O)c4O)C2C[C@H]1CC3. The van der Waals surface area contributed by atoms with E-state index in [1.165, 1.54) is 5.57 Å². The molecular weight excluding hydrogens is 398 g/mol. The second-order valence-electron chi connectivity index (χ2n) is 9.42. The van der Waals surface area contributed by atoms with Gasteiger partial charge < -0.3 is 20.6 Å². The molecule has 4 aliphatic rings. The lowest BCUT2D eigenvalue weighted by Crippen LogP contribution is -2.54. The molecule has 5 rings (SSSR count). The maximum atomic E-state index is 12.9. The van der Waals surface area contributed by atoms with E-state index in [9.17, 15) is 24.6 Å². The van der Waals surface area contributed by atoms with E-state index in [-0.39, 0.29) is 29.2 Å². The van der Waals surface area contributed by atoms with Crippen molar-refractivity contribution in [1.82, 2.24) is 0 Å². The normalized spacial score (nSPS) is 31.4. The van der Waals surface area contributed by atoms with E-state index in [0.717, 1.165) is 37.8 Å². The van der Waals surface area contributed by atoms with Gasteiger partial charge in [-0.1, -0.05) is 25.2 Å². The van der Waals surface area contributed by atoms with Gasteiger partial charge in [0.25, 0.3) is 0 Å². The number of amides is 1. The molecule has 0 aromatic heterocycles. The van der Waals surface area contributed by atoms with Gasteiger partial charge >= 0.3 is 5.97 Å². The van der Waals surface area contributed by atoms with Gasteiger partial charge in [-0.05, 0) is 67.6 Å². The lowest BCUT2D eigenvalue weighted by atomic mass is 9.44. The number of nitrogens with one attached hydrogen (secondary N) is 1. The molecule has 7 heteroatoms. The van der Waals surface area contributed by atoms with Gasteiger partial charge in [-0.3, -0.25) is 9.59 Å². The standard InChI is InChI=1S/C24H27NO6/c1-13-12-24-9-5-14(13)11-17(24)23(2,18(27)6-10-24)8-7-19(28)25-20-16(26)4-3-15(21(20)29)22(30)31/h3-4,6,10,14,17,26,29H,1,5,7-9,11-12H2,2H3,(H,25,28)(H,30,31)/t14-,17?,23+,24+/m1/s1. The predicted molar refractivity (Wildman–Crippen MR) is 114 cm³/mol. The molecule has 4 aliphatic carbocycles. The van der Waals surface area contributed by atoms with Gasteiger partial charge in [0.2, 0.25) is 5.91 Å². The zero-order chi connectivity index (χ0) is 22.6. The molecule has 3 fully saturated rings. The Bertz CT molecular complexity index is 1030. The molecule has 3 saturated carbocycles. The minimum absolute atomic E-state index is 0.00442. The fourth-order valence-electron chi connectivity index (χ4n) is 5.91. The van der Waals surface area contributed by atoms with Crippen LogP contribution in [0.2, 0.25) is 0 Å². The minimum atomic E-state index is -1.38. The van der Waals surface area contributed by atoms with Crippen LogP contribution in [0.1, 0.15) is 55.8 Å². The number of carbonyl (C=O) groups excluding carboxylic acids is 2. The number of carboxylic acids is 1. The highest BCUT2D eigenvalue weighted by Gasteiger charge is 2.58.